The van der Waals surface area contributed by atoms with Crippen molar-refractivity contribution in [3.63, 3.8) is 0 Å². The lowest BCUT2D eigenvalue weighted by Crippen LogP contribution is -2.04. The van der Waals surface area contributed by atoms with E-state index >= 15 is 0 Å². The number of hydrogen-bond acceptors (Lipinski definition) is 5. The fourth-order valence-electron chi connectivity index (χ4n) is 2.61. The van der Waals surface area contributed by atoms with E-state index in [-0.39, 0.29) is 22.9 Å². The molecule has 4 aromatic rings. The number of benzene rings is 2. The van der Waals surface area contributed by atoms with E-state index in [4.69, 9.17) is 0 Å². The Labute approximate surface area is 152 Å². The van der Waals surface area contributed by atoms with Gasteiger partial charge in [-0.15, -0.1) is 5.10 Å². The quantitative estimate of drug-likeness (QED) is 0.539. The van der Waals surface area contributed by atoms with Gasteiger partial charge in [-0.2, -0.15) is 22.1 Å². The molecule has 0 aliphatic carbocycles. The van der Waals surface area contributed by atoms with E-state index in [9.17, 15) is 13.9 Å². The summed E-state index contributed by atoms with van der Waals surface area (Å²) in [5.41, 5.74) is 1.01. The fraction of sp³-hybridized carbons (Fsp3) is 0.0556. The zero-order valence-corrected chi connectivity index (χ0v) is 14.1. The van der Waals surface area contributed by atoms with Crippen LogP contribution in [0.25, 0.3) is 17.2 Å². The van der Waals surface area contributed by atoms with Gasteiger partial charge in [-0.05, 0) is 6.07 Å². The molecule has 8 heteroatoms. The fourth-order valence-corrected chi connectivity index (χ4v) is 2.94. The van der Waals surface area contributed by atoms with Gasteiger partial charge in [0.1, 0.15) is 0 Å². The number of nitrogens with zero attached hydrogens (tertiary/aromatic N) is 4. The maximum Gasteiger partial charge on any atom is 0.256 e. The van der Waals surface area contributed by atoms with Crippen LogP contribution in [0.4, 0.5) is 8.78 Å². The molecule has 0 aliphatic rings. The lowest BCUT2D eigenvalue weighted by molar-refractivity contribution is 0.434. The van der Waals surface area contributed by atoms with Crippen LogP contribution in [0.1, 0.15) is 16.5 Å². The maximum atomic E-state index is 14.0. The summed E-state index contributed by atoms with van der Waals surface area (Å²) in [5.74, 6) is -1.68. The van der Waals surface area contributed by atoms with Gasteiger partial charge >= 0.3 is 0 Å². The number of aromatic nitrogens is 4. The normalized spacial score (nSPS) is 12.4. The second-order valence-corrected chi connectivity index (χ2v) is 6.11. The van der Waals surface area contributed by atoms with E-state index in [1.54, 1.807) is 0 Å². The minimum absolute atomic E-state index is 0.0207. The maximum absolute atomic E-state index is 14.0. The third kappa shape index (κ3) is 2.78. The van der Waals surface area contributed by atoms with Gasteiger partial charge in [-0.1, -0.05) is 42.5 Å². The van der Waals surface area contributed by atoms with Crippen LogP contribution in [-0.2, 0) is 0 Å². The van der Waals surface area contributed by atoms with Gasteiger partial charge in [-0.3, -0.25) is 0 Å². The summed E-state index contributed by atoms with van der Waals surface area (Å²) in [5, 5.41) is 13.6. The second kappa shape index (κ2) is 6.38. The summed E-state index contributed by atoms with van der Waals surface area (Å²) in [6.45, 7) is 0. The molecular weight excluding hydrogens is 358 g/mol. The third-order valence-corrected chi connectivity index (χ3v) is 4.44. The summed E-state index contributed by atoms with van der Waals surface area (Å²) in [4.78, 5) is 8.59. The second-order valence-electron chi connectivity index (χ2n) is 5.60. The van der Waals surface area contributed by atoms with Crippen molar-refractivity contribution in [2.75, 3.05) is 0 Å². The number of hydrogen-bond donors (Lipinski definition) is 2. The molecule has 0 amide bonds. The highest BCUT2D eigenvalue weighted by atomic mass is 32.1. The first-order valence-corrected chi connectivity index (χ1v) is 8.20. The van der Waals surface area contributed by atoms with E-state index < -0.39 is 16.9 Å². The summed E-state index contributed by atoms with van der Waals surface area (Å²) < 4.78 is 28.7. The van der Waals surface area contributed by atoms with Crippen LogP contribution in [-0.4, -0.2) is 24.7 Å². The SMILES string of the molecule is Oc1cc(C(S)c2cccc(F)c2F)nc2nc(-c3ccccc3)nn12. The number of aromatic hydroxyl groups is 1. The van der Waals surface area contributed by atoms with Crippen LogP contribution in [0, 0.1) is 11.6 Å². The van der Waals surface area contributed by atoms with Gasteiger partial charge in [0.2, 0.25) is 5.88 Å². The topological polar surface area (TPSA) is 63.3 Å². The van der Waals surface area contributed by atoms with Crippen LogP contribution in [0.2, 0.25) is 0 Å². The molecule has 0 radical (unpaired) electrons. The predicted molar refractivity (Wildman–Crippen MR) is 95.1 cm³/mol. The van der Waals surface area contributed by atoms with Crippen LogP contribution in [0.5, 0.6) is 5.88 Å². The Bertz CT molecular complexity index is 1100. The van der Waals surface area contributed by atoms with E-state index in [2.05, 4.69) is 27.7 Å². The summed E-state index contributed by atoms with van der Waals surface area (Å²) >= 11 is 4.34. The van der Waals surface area contributed by atoms with Gasteiger partial charge in [0, 0.05) is 17.2 Å². The molecule has 1 N–H and O–H groups in total. The van der Waals surface area contributed by atoms with Crippen LogP contribution < -0.4 is 0 Å². The number of rotatable bonds is 3. The minimum Gasteiger partial charge on any atom is -0.493 e. The Morgan fingerprint density at radius 3 is 2.54 bits per heavy atom. The van der Waals surface area contributed by atoms with Gasteiger partial charge in [0.15, 0.2) is 17.5 Å². The largest absolute Gasteiger partial charge is 0.493 e. The molecule has 0 spiro atoms. The molecule has 26 heavy (non-hydrogen) atoms. The van der Waals surface area contributed by atoms with Crippen molar-refractivity contribution < 1.29 is 13.9 Å². The minimum atomic E-state index is -1.000. The highest BCUT2D eigenvalue weighted by Crippen LogP contribution is 2.32. The number of thiol groups is 1. The molecule has 1 unspecified atom stereocenters. The zero-order chi connectivity index (χ0) is 18.3. The molecule has 0 saturated heterocycles. The van der Waals surface area contributed by atoms with Crippen molar-refractivity contribution in [1.82, 2.24) is 19.6 Å². The van der Waals surface area contributed by atoms with E-state index in [0.29, 0.717) is 5.82 Å². The van der Waals surface area contributed by atoms with Crippen molar-refractivity contribution in [3.8, 4) is 17.3 Å². The highest BCUT2D eigenvalue weighted by Gasteiger charge is 2.21. The van der Waals surface area contributed by atoms with Crippen LogP contribution in [0.3, 0.4) is 0 Å². The molecule has 1 atom stereocenters. The standard InChI is InChI=1S/C18H12F2N4OS/c19-12-8-4-7-11(15(12)20)16(26)13-9-14(25)24-18(21-13)22-17(23-24)10-5-2-1-3-6-10/h1-9,16,25-26H. The summed E-state index contributed by atoms with van der Waals surface area (Å²) in [6.07, 6.45) is 0. The van der Waals surface area contributed by atoms with Gasteiger partial charge in [0.25, 0.3) is 5.78 Å². The molecule has 5 nitrogen and oxygen atoms in total. The monoisotopic (exact) mass is 370 g/mol. The highest BCUT2D eigenvalue weighted by molar-refractivity contribution is 7.80. The Kier molecular flexibility index (Phi) is 4.04. The number of halogens is 2. The van der Waals surface area contributed by atoms with Gasteiger partial charge < -0.3 is 5.11 Å². The van der Waals surface area contributed by atoms with Crippen molar-refractivity contribution in [2.24, 2.45) is 0 Å². The first kappa shape index (κ1) is 16.5. The molecule has 2 heterocycles. The molecule has 2 aromatic carbocycles. The summed E-state index contributed by atoms with van der Waals surface area (Å²) in [6, 6.07) is 14.3. The Balaban J connectivity index is 1.81. The Morgan fingerprint density at radius 1 is 1.00 bits per heavy atom. The van der Waals surface area contributed by atoms with Crippen molar-refractivity contribution >= 4 is 18.4 Å². The molecule has 0 fully saturated rings. The Hall–Kier alpha value is -3.00. The predicted octanol–water partition coefficient (Wildman–Crippen LogP) is 3.79. The van der Waals surface area contributed by atoms with Gasteiger partial charge in [-0.25, -0.2) is 13.8 Å². The average Bonchev–Trinajstić information content (AvgIpc) is 3.09. The van der Waals surface area contributed by atoms with Crippen LogP contribution in [0.15, 0.2) is 54.6 Å². The van der Waals surface area contributed by atoms with Crippen molar-refractivity contribution in [3.05, 3.63) is 77.5 Å². The molecule has 0 bridgehead atoms. The molecule has 0 aliphatic heterocycles. The van der Waals surface area contributed by atoms with Crippen molar-refractivity contribution in [2.45, 2.75) is 5.25 Å². The molecule has 4 rings (SSSR count). The molecular formula is C18H12F2N4OS. The average molecular weight is 370 g/mol. The third-order valence-electron chi connectivity index (χ3n) is 3.90. The summed E-state index contributed by atoms with van der Waals surface area (Å²) in [7, 11) is 0. The number of fused-ring (bicyclic) bond motifs is 1. The Morgan fingerprint density at radius 2 is 1.77 bits per heavy atom. The smallest absolute Gasteiger partial charge is 0.256 e. The lowest BCUT2D eigenvalue weighted by Gasteiger charge is -2.12. The van der Waals surface area contributed by atoms with Crippen LogP contribution >= 0.6 is 12.6 Å². The first-order valence-electron chi connectivity index (χ1n) is 7.68. The van der Waals surface area contributed by atoms with E-state index in [1.165, 1.54) is 22.7 Å². The molecule has 2 aromatic heterocycles. The van der Waals surface area contributed by atoms with Gasteiger partial charge in [0.05, 0.1) is 10.9 Å². The molecule has 0 saturated carbocycles. The first-order chi connectivity index (χ1) is 12.5. The van der Waals surface area contributed by atoms with Crippen molar-refractivity contribution in [1.29, 1.82) is 0 Å². The zero-order valence-electron chi connectivity index (χ0n) is 13.2. The molecule has 130 valence electrons. The van der Waals surface area contributed by atoms with E-state index in [0.717, 1.165) is 11.6 Å². The van der Waals surface area contributed by atoms with E-state index in [1.807, 2.05) is 30.3 Å². The lowest BCUT2D eigenvalue weighted by atomic mass is 10.1.